The monoisotopic (exact) mass is 689 g/mol. The van der Waals surface area contributed by atoms with Crippen molar-refractivity contribution >= 4 is 5.91 Å². The summed E-state index contributed by atoms with van der Waals surface area (Å²) in [6.45, 7) is 2.72. The first-order valence-corrected chi connectivity index (χ1v) is 17.8. The number of carbonyl (C=O) groups is 1. The summed E-state index contributed by atoms with van der Waals surface area (Å²) in [7, 11) is 0. The highest BCUT2D eigenvalue weighted by atomic mass is 16.7. The van der Waals surface area contributed by atoms with Crippen LogP contribution in [0.25, 0.3) is 11.1 Å². The number of aliphatic hydroxyl groups excluding tert-OH is 1. The molecule has 3 atom stereocenters. The number of nitrogens with zero attached hydrogens (tertiary/aromatic N) is 2. The van der Waals surface area contributed by atoms with E-state index in [1.54, 1.807) is 24.5 Å². The zero-order valence-corrected chi connectivity index (χ0v) is 29.1. The molecule has 0 saturated carbocycles. The van der Waals surface area contributed by atoms with Crippen LogP contribution in [0.1, 0.15) is 62.6 Å². The van der Waals surface area contributed by atoms with E-state index in [0.717, 1.165) is 53.0 Å². The topological polar surface area (TPSA) is 83.9 Å². The Hall–Kier alpha value is -5.44. The van der Waals surface area contributed by atoms with Crippen LogP contribution in [0.3, 0.4) is 0 Å². The van der Waals surface area contributed by atoms with Crippen molar-refractivity contribution in [3.8, 4) is 11.1 Å². The summed E-state index contributed by atoms with van der Waals surface area (Å²) in [5, 5.41) is 12.7. The zero-order chi connectivity index (χ0) is 35.5. The number of benzene rings is 5. The summed E-state index contributed by atoms with van der Waals surface area (Å²) in [5.74, 6) is -0.159. The molecular weight excluding hydrogens is 647 g/mol. The van der Waals surface area contributed by atoms with Gasteiger partial charge in [-0.05, 0) is 63.2 Å². The van der Waals surface area contributed by atoms with Crippen molar-refractivity contribution in [2.24, 2.45) is 0 Å². The van der Waals surface area contributed by atoms with Gasteiger partial charge in [0.2, 0.25) is 0 Å². The molecule has 1 aliphatic heterocycles. The lowest BCUT2D eigenvalue weighted by Gasteiger charge is -2.38. The van der Waals surface area contributed by atoms with Gasteiger partial charge in [-0.25, -0.2) is 0 Å². The molecule has 1 aliphatic rings. The molecule has 1 fully saturated rings. The first-order chi connectivity index (χ1) is 25.6. The fourth-order valence-corrected chi connectivity index (χ4v) is 6.70. The molecule has 1 amide bonds. The van der Waals surface area contributed by atoms with Crippen molar-refractivity contribution in [1.82, 2.24) is 15.2 Å². The van der Waals surface area contributed by atoms with Crippen molar-refractivity contribution in [3.05, 3.63) is 197 Å². The number of aliphatic hydroxyl groups is 1. The average molecular weight is 690 g/mol. The van der Waals surface area contributed by atoms with E-state index >= 15 is 0 Å². The summed E-state index contributed by atoms with van der Waals surface area (Å²) in [6.07, 6.45) is 3.03. The molecule has 0 radical (unpaired) electrons. The minimum atomic E-state index is -0.585. The van der Waals surface area contributed by atoms with Gasteiger partial charge < -0.3 is 19.9 Å². The van der Waals surface area contributed by atoms with Gasteiger partial charge >= 0.3 is 0 Å². The van der Waals surface area contributed by atoms with Gasteiger partial charge in [-0.2, -0.15) is 0 Å². The smallest absolute Gasteiger partial charge is 0.253 e. The second-order valence-electron chi connectivity index (χ2n) is 13.2. The normalized spacial score (nSPS) is 17.2. The van der Waals surface area contributed by atoms with Crippen LogP contribution in [0.2, 0.25) is 0 Å². The predicted molar refractivity (Wildman–Crippen MR) is 203 cm³/mol. The fraction of sp³-hybridized carbons (Fsp3) is 0.200. The van der Waals surface area contributed by atoms with Crippen LogP contribution in [0.15, 0.2) is 158 Å². The summed E-state index contributed by atoms with van der Waals surface area (Å²) >= 11 is 0. The Balaban J connectivity index is 1.13. The highest BCUT2D eigenvalue weighted by Gasteiger charge is 2.33. The highest BCUT2D eigenvalue weighted by molar-refractivity contribution is 5.93. The maximum absolute atomic E-state index is 12.6. The number of carbonyl (C=O) groups excluding carboxylic acids is 1. The van der Waals surface area contributed by atoms with Crippen LogP contribution in [0.4, 0.5) is 0 Å². The van der Waals surface area contributed by atoms with Crippen molar-refractivity contribution < 1.29 is 19.4 Å². The molecule has 1 aromatic heterocycles. The third kappa shape index (κ3) is 9.26. The largest absolute Gasteiger partial charge is 0.392 e. The van der Waals surface area contributed by atoms with Gasteiger partial charge in [0.1, 0.15) is 0 Å². The number of pyridine rings is 1. The Kier molecular flexibility index (Phi) is 11.6. The molecule has 7 rings (SSSR count). The maximum Gasteiger partial charge on any atom is 0.253 e. The first-order valence-electron chi connectivity index (χ1n) is 17.8. The number of rotatable bonds is 13. The standard InChI is InChI=1S/C45H43N3O4/c49-32-35-19-21-37(22-20-35)43-26-42(31-48(29-33-10-3-1-4-11-33)30-34-12-5-2-6-13-34)51-45(52-43)40-17-8-16-39(25-40)38-15-7-14-36(24-38)27-47-44(50)41-18-9-23-46-28-41/h1-25,28,42-43,45,49H,26-27,29-32H2,(H,47,50). The van der Waals surface area contributed by atoms with E-state index in [4.69, 9.17) is 9.47 Å². The molecule has 0 aliphatic carbocycles. The zero-order valence-electron chi connectivity index (χ0n) is 29.1. The number of amides is 1. The van der Waals surface area contributed by atoms with E-state index in [2.05, 4.69) is 118 Å². The first kappa shape index (κ1) is 35.0. The Morgan fingerprint density at radius 2 is 1.37 bits per heavy atom. The second kappa shape index (κ2) is 17.2. The van der Waals surface area contributed by atoms with E-state index < -0.39 is 6.29 Å². The lowest BCUT2D eigenvalue weighted by atomic mass is 9.98. The van der Waals surface area contributed by atoms with Gasteiger partial charge in [-0.1, -0.05) is 121 Å². The lowest BCUT2D eigenvalue weighted by Crippen LogP contribution is -2.39. The van der Waals surface area contributed by atoms with E-state index in [1.165, 1.54) is 11.1 Å². The molecule has 1 saturated heterocycles. The fourth-order valence-electron chi connectivity index (χ4n) is 6.70. The SMILES string of the molecule is O=C(NCc1cccc(-c2cccc(C3OC(CN(Cc4ccccc4)Cc4ccccc4)CC(c4ccc(CO)cc4)O3)c2)c1)c1cccnc1. The molecule has 7 nitrogen and oxygen atoms in total. The molecular formula is C45H43N3O4. The lowest BCUT2D eigenvalue weighted by molar-refractivity contribution is -0.253. The molecule has 6 aromatic rings. The van der Waals surface area contributed by atoms with Gasteiger partial charge in [-0.3, -0.25) is 14.7 Å². The highest BCUT2D eigenvalue weighted by Crippen LogP contribution is 2.39. The molecule has 262 valence electrons. The molecule has 3 unspecified atom stereocenters. The molecule has 2 N–H and O–H groups in total. The second-order valence-corrected chi connectivity index (χ2v) is 13.2. The number of ether oxygens (including phenoxy) is 2. The molecule has 0 bridgehead atoms. The Morgan fingerprint density at radius 1 is 0.692 bits per heavy atom. The molecule has 52 heavy (non-hydrogen) atoms. The third-order valence-electron chi connectivity index (χ3n) is 9.37. The van der Waals surface area contributed by atoms with Crippen molar-refractivity contribution in [3.63, 3.8) is 0 Å². The number of hydrogen-bond donors (Lipinski definition) is 2. The Bertz CT molecular complexity index is 1980. The minimum Gasteiger partial charge on any atom is -0.392 e. The molecule has 5 aromatic carbocycles. The van der Waals surface area contributed by atoms with Crippen molar-refractivity contribution in [2.75, 3.05) is 6.54 Å². The van der Waals surface area contributed by atoms with Crippen LogP contribution in [-0.2, 0) is 35.7 Å². The third-order valence-corrected chi connectivity index (χ3v) is 9.37. The molecule has 7 heteroatoms. The van der Waals surface area contributed by atoms with Crippen LogP contribution < -0.4 is 5.32 Å². The average Bonchev–Trinajstić information content (AvgIpc) is 3.21. The van der Waals surface area contributed by atoms with Crippen molar-refractivity contribution in [2.45, 2.75) is 51.2 Å². The van der Waals surface area contributed by atoms with Gasteiger partial charge in [0.25, 0.3) is 5.91 Å². The quantitative estimate of drug-likeness (QED) is 0.127. The van der Waals surface area contributed by atoms with E-state index in [1.807, 2.05) is 30.3 Å². The van der Waals surface area contributed by atoms with Crippen LogP contribution in [-0.4, -0.2) is 33.5 Å². The summed E-state index contributed by atoms with van der Waals surface area (Å²) in [4.78, 5) is 19.1. The van der Waals surface area contributed by atoms with Gasteiger partial charge in [0.15, 0.2) is 6.29 Å². The van der Waals surface area contributed by atoms with Crippen LogP contribution in [0.5, 0.6) is 0 Å². The summed E-state index contributed by atoms with van der Waals surface area (Å²) in [6, 6.07) is 49.2. The van der Waals surface area contributed by atoms with Gasteiger partial charge in [0, 0.05) is 50.6 Å². The van der Waals surface area contributed by atoms with Crippen LogP contribution >= 0.6 is 0 Å². The predicted octanol–water partition coefficient (Wildman–Crippen LogP) is 8.42. The number of hydrogen-bond acceptors (Lipinski definition) is 6. The van der Waals surface area contributed by atoms with E-state index in [0.29, 0.717) is 18.5 Å². The number of aromatic nitrogens is 1. The summed E-state index contributed by atoms with van der Waals surface area (Å²) in [5.41, 5.74) is 8.97. The molecule has 2 heterocycles. The molecule has 0 spiro atoms. The van der Waals surface area contributed by atoms with Gasteiger partial charge in [-0.15, -0.1) is 0 Å². The van der Waals surface area contributed by atoms with E-state index in [-0.39, 0.29) is 24.7 Å². The Labute approximate surface area is 305 Å². The van der Waals surface area contributed by atoms with E-state index in [9.17, 15) is 9.90 Å². The maximum atomic E-state index is 12.6. The van der Waals surface area contributed by atoms with Crippen LogP contribution in [0, 0.1) is 0 Å². The number of nitrogens with one attached hydrogen (secondary N) is 1. The summed E-state index contributed by atoms with van der Waals surface area (Å²) < 4.78 is 13.6. The minimum absolute atomic E-state index is 0.00103. The Morgan fingerprint density at radius 3 is 2.04 bits per heavy atom. The van der Waals surface area contributed by atoms with Gasteiger partial charge in [0.05, 0.1) is 24.4 Å². The van der Waals surface area contributed by atoms with Crippen molar-refractivity contribution in [1.29, 1.82) is 0 Å².